The molecular weight excluding hydrogens is 248 g/mol. The first-order valence-corrected chi connectivity index (χ1v) is 6.81. The number of carboxylic acids is 1. The fourth-order valence-corrected chi connectivity index (χ4v) is 1.50. The first kappa shape index (κ1) is 17.9. The Hall–Kier alpha value is -1.14. The van der Waals surface area contributed by atoms with Gasteiger partial charge < -0.3 is 15.2 Å². The van der Waals surface area contributed by atoms with Gasteiger partial charge in [-0.15, -0.1) is 0 Å². The summed E-state index contributed by atoms with van der Waals surface area (Å²) in [5.74, 6) is -1.10. The van der Waals surface area contributed by atoms with E-state index < -0.39 is 12.0 Å². The molecule has 0 saturated carbocycles. The van der Waals surface area contributed by atoms with Crippen LogP contribution in [0.5, 0.6) is 0 Å². The Bertz CT molecular complexity index is 269. The van der Waals surface area contributed by atoms with E-state index in [1.54, 1.807) is 0 Å². The molecule has 0 spiro atoms. The SMILES string of the molecule is CCCC(NCC(=O)NCCCOC(C)C)C(=O)O. The molecule has 0 aromatic heterocycles. The first-order chi connectivity index (χ1) is 8.97. The highest BCUT2D eigenvalue weighted by atomic mass is 16.5. The van der Waals surface area contributed by atoms with Crippen molar-refractivity contribution in [2.75, 3.05) is 19.7 Å². The molecule has 0 aliphatic heterocycles. The number of carbonyl (C=O) groups excluding carboxylic acids is 1. The molecule has 6 nitrogen and oxygen atoms in total. The zero-order valence-electron chi connectivity index (χ0n) is 12.1. The van der Waals surface area contributed by atoms with Gasteiger partial charge in [-0.3, -0.25) is 14.9 Å². The second-order valence-corrected chi connectivity index (χ2v) is 4.68. The summed E-state index contributed by atoms with van der Waals surface area (Å²) in [6, 6.07) is -0.653. The molecule has 0 aromatic carbocycles. The van der Waals surface area contributed by atoms with Crippen LogP contribution in [-0.2, 0) is 14.3 Å². The van der Waals surface area contributed by atoms with Gasteiger partial charge in [0.1, 0.15) is 6.04 Å². The average molecular weight is 274 g/mol. The summed E-state index contributed by atoms with van der Waals surface area (Å²) in [7, 11) is 0. The molecule has 0 heterocycles. The molecule has 0 saturated heterocycles. The van der Waals surface area contributed by atoms with Crippen molar-refractivity contribution in [3.63, 3.8) is 0 Å². The maximum atomic E-state index is 11.5. The Balaban J connectivity index is 3.65. The van der Waals surface area contributed by atoms with E-state index in [1.807, 2.05) is 20.8 Å². The maximum absolute atomic E-state index is 11.5. The number of carboxylic acid groups (broad SMARTS) is 1. The summed E-state index contributed by atoms with van der Waals surface area (Å²) in [6.07, 6.45) is 2.23. The number of rotatable bonds is 11. The molecule has 3 N–H and O–H groups in total. The molecule has 19 heavy (non-hydrogen) atoms. The van der Waals surface area contributed by atoms with E-state index in [9.17, 15) is 9.59 Å². The van der Waals surface area contributed by atoms with Gasteiger partial charge in [0, 0.05) is 13.2 Å². The largest absolute Gasteiger partial charge is 0.480 e. The highest BCUT2D eigenvalue weighted by Gasteiger charge is 2.16. The van der Waals surface area contributed by atoms with Gasteiger partial charge in [0.2, 0.25) is 5.91 Å². The average Bonchev–Trinajstić information content (AvgIpc) is 2.33. The Kier molecular flexibility index (Phi) is 10.1. The number of ether oxygens (including phenoxy) is 1. The van der Waals surface area contributed by atoms with Crippen molar-refractivity contribution < 1.29 is 19.4 Å². The second kappa shape index (κ2) is 10.8. The number of hydrogen-bond acceptors (Lipinski definition) is 4. The van der Waals surface area contributed by atoms with Crippen molar-refractivity contribution in [3.8, 4) is 0 Å². The predicted molar refractivity (Wildman–Crippen MR) is 73.0 cm³/mol. The monoisotopic (exact) mass is 274 g/mol. The molecule has 0 radical (unpaired) electrons. The maximum Gasteiger partial charge on any atom is 0.320 e. The van der Waals surface area contributed by atoms with Gasteiger partial charge in [0.15, 0.2) is 0 Å². The molecule has 0 aliphatic carbocycles. The summed E-state index contributed by atoms with van der Waals surface area (Å²) < 4.78 is 5.34. The lowest BCUT2D eigenvalue weighted by Gasteiger charge is -2.13. The topological polar surface area (TPSA) is 87.7 Å². The molecule has 1 amide bonds. The molecule has 0 fully saturated rings. The third-order valence-electron chi connectivity index (χ3n) is 2.48. The lowest BCUT2D eigenvalue weighted by Crippen LogP contribution is -2.43. The minimum absolute atomic E-state index is 0.0298. The minimum Gasteiger partial charge on any atom is -0.480 e. The minimum atomic E-state index is -0.917. The van der Waals surface area contributed by atoms with Gasteiger partial charge >= 0.3 is 5.97 Å². The van der Waals surface area contributed by atoms with Crippen LogP contribution in [0.15, 0.2) is 0 Å². The number of hydrogen-bond donors (Lipinski definition) is 3. The standard InChI is InChI=1S/C13H26N2O4/c1-4-6-11(13(17)18)15-9-12(16)14-7-5-8-19-10(2)3/h10-11,15H,4-9H2,1-3H3,(H,14,16)(H,17,18). The van der Waals surface area contributed by atoms with Crippen molar-refractivity contribution in [2.45, 2.75) is 52.2 Å². The van der Waals surface area contributed by atoms with Gasteiger partial charge in [0.25, 0.3) is 0 Å². The van der Waals surface area contributed by atoms with Crippen LogP contribution in [0, 0.1) is 0 Å². The van der Waals surface area contributed by atoms with Crippen LogP contribution in [0.1, 0.15) is 40.0 Å². The quantitative estimate of drug-likeness (QED) is 0.484. The molecule has 1 unspecified atom stereocenters. The van der Waals surface area contributed by atoms with E-state index in [-0.39, 0.29) is 18.6 Å². The van der Waals surface area contributed by atoms with E-state index in [0.29, 0.717) is 19.6 Å². The van der Waals surface area contributed by atoms with Gasteiger partial charge in [0.05, 0.1) is 12.6 Å². The van der Waals surface area contributed by atoms with E-state index in [1.165, 1.54) is 0 Å². The van der Waals surface area contributed by atoms with Gasteiger partial charge in [-0.05, 0) is 26.7 Å². The van der Waals surface area contributed by atoms with Crippen molar-refractivity contribution in [1.82, 2.24) is 10.6 Å². The van der Waals surface area contributed by atoms with Gasteiger partial charge in [-0.2, -0.15) is 0 Å². The Morgan fingerprint density at radius 3 is 2.53 bits per heavy atom. The number of amides is 1. The van der Waals surface area contributed by atoms with E-state index in [2.05, 4.69) is 10.6 Å². The first-order valence-electron chi connectivity index (χ1n) is 6.81. The van der Waals surface area contributed by atoms with Crippen LogP contribution in [-0.4, -0.2) is 48.8 Å². The molecule has 0 aromatic rings. The molecule has 112 valence electrons. The van der Waals surface area contributed by atoms with E-state index >= 15 is 0 Å². The lowest BCUT2D eigenvalue weighted by atomic mass is 10.2. The fraction of sp³-hybridized carbons (Fsp3) is 0.846. The van der Waals surface area contributed by atoms with Crippen LogP contribution < -0.4 is 10.6 Å². The smallest absolute Gasteiger partial charge is 0.320 e. The number of carbonyl (C=O) groups is 2. The van der Waals surface area contributed by atoms with Crippen LogP contribution in [0.25, 0.3) is 0 Å². The van der Waals surface area contributed by atoms with Crippen LogP contribution in [0.2, 0.25) is 0 Å². The molecule has 0 aliphatic rings. The van der Waals surface area contributed by atoms with Gasteiger partial charge in [-0.25, -0.2) is 0 Å². The van der Waals surface area contributed by atoms with Crippen molar-refractivity contribution >= 4 is 11.9 Å². The fourth-order valence-electron chi connectivity index (χ4n) is 1.50. The lowest BCUT2D eigenvalue weighted by molar-refractivity contribution is -0.139. The highest BCUT2D eigenvalue weighted by molar-refractivity contribution is 5.79. The normalized spacial score (nSPS) is 12.4. The second-order valence-electron chi connectivity index (χ2n) is 4.68. The Morgan fingerprint density at radius 1 is 1.32 bits per heavy atom. The summed E-state index contributed by atoms with van der Waals surface area (Å²) in [4.78, 5) is 22.3. The zero-order valence-corrected chi connectivity index (χ0v) is 12.1. The Morgan fingerprint density at radius 2 is 2.00 bits per heavy atom. The molecule has 0 bridgehead atoms. The van der Waals surface area contributed by atoms with Crippen LogP contribution in [0.4, 0.5) is 0 Å². The Labute approximate surface area is 114 Å². The van der Waals surface area contributed by atoms with Crippen LogP contribution >= 0.6 is 0 Å². The van der Waals surface area contributed by atoms with E-state index in [4.69, 9.17) is 9.84 Å². The summed E-state index contributed by atoms with van der Waals surface area (Å²) in [5, 5.41) is 14.4. The molecular formula is C13H26N2O4. The molecule has 0 rings (SSSR count). The van der Waals surface area contributed by atoms with Crippen LogP contribution in [0.3, 0.4) is 0 Å². The zero-order chi connectivity index (χ0) is 14.7. The summed E-state index contributed by atoms with van der Waals surface area (Å²) in [6.45, 7) is 7.01. The van der Waals surface area contributed by atoms with Crippen molar-refractivity contribution in [1.29, 1.82) is 0 Å². The van der Waals surface area contributed by atoms with E-state index in [0.717, 1.165) is 12.8 Å². The third-order valence-corrected chi connectivity index (χ3v) is 2.48. The van der Waals surface area contributed by atoms with Crippen molar-refractivity contribution in [2.24, 2.45) is 0 Å². The summed E-state index contributed by atoms with van der Waals surface area (Å²) in [5.41, 5.74) is 0. The van der Waals surface area contributed by atoms with Gasteiger partial charge in [-0.1, -0.05) is 13.3 Å². The number of aliphatic carboxylic acids is 1. The summed E-state index contributed by atoms with van der Waals surface area (Å²) >= 11 is 0. The molecule has 6 heteroatoms. The molecule has 1 atom stereocenters. The highest BCUT2D eigenvalue weighted by Crippen LogP contribution is 1.96. The number of nitrogens with one attached hydrogen (secondary N) is 2. The van der Waals surface area contributed by atoms with Crippen molar-refractivity contribution in [3.05, 3.63) is 0 Å². The third kappa shape index (κ3) is 10.5. The predicted octanol–water partition coefficient (Wildman–Crippen LogP) is 0.761.